The summed E-state index contributed by atoms with van der Waals surface area (Å²) in [5, 5.41) is 11.3. The number of thiophene rings is 1. The van der Waals surface area contributed by atoms with Crippen LogP contribution in [0.4, 0.5) is 0 Å². The van der Waals surface area contributed by atoms with Crippen molar-refractivity contribution in [1.82, 2.24) is 9.55 Å². The van der Waals surface area contributed by atoms with E-state index in [0.29, 0.717) is 0 Å². The number of aromatic nitrogens is 2. The van der Waals surface area contributed by atoms with Gasteiger partial charge in [-0.25, -0.2) is 4.98 Å². The van der Waals surface area contributed by atoms with Crippen LogP contribution in [0.2, 0.25) is 0 Å². The van der Waals surface area contributed by atoms with E-state index in [0.717, 1.165) is 50.1 Å². The summed E-state index contributed by atoms with van der Waals surface area (Å²) in [4.78, 5) is 5.40. The number of furan rings is 1. The second-order valence-electron chi connectivity index (χ2n) is 13.8. The highest BCUT2D eigenvalue weighted by molar-refractivity contribution is 7.27. The first kappa shape index (κ1) is 28.9. The molecule has 4 aromatic heterocycles. The topological polar surface area (TPSA) is 31.0 Å². The Labute approximate surface area is 307 Å². The average Bonchev–Trinajstić information content (AvgIpc) is 3.91. The lowest BCUT2D eigenvalue weighted by Gasteiger charge is -2.14. The molecule has 4 heteroatoms. The molecule has 246 valence electrons. The molecule has 8 aromatic carbocycles. The van der Waals surface area contributed by atoms with Gasteiger partial charge in [0.05, 0.1) is 16.7 Å². The summed E-state index contributed by atoms with van der Waals surface area (Å²) in [6, 6.07) is 61.0. The van der Waals surface area contributed by atoms with Gasteiger partial charge in [0, 0.05) is 63.9 Å². The molecule has 0 amide bonds. The smallest absolute Gasteiger partial charge is 0.154 e. The first-order valence-corrected chi connectivity index (χ1v) is 18.8. The van der Waals surface area contributed by atoms with Crippen LogP contribution in [0.1, 0.15) is 0 Å². The molecular formula is C49H28N2OS. The summed E-state index contributed by atoms with van der Waals surface area (Å²) in [6.07, 6.45) is 0. The minimum Gasteiger partial charge on any atom is -0.454 e. The van der Waals surface area contributed by atoms with E-state index < -0.39 is 0 Å². The molecule has 53 heavy (non-hydrogen) atoms. The standard InChI is InChI=1S/C49H28N2OS/c1-2-13-29(14-3-1)39-28-42-46(37-22-9-11-24-41(37)52-42)50-45(39)31-16-12-17-32(27-31)51-40-23-10-8-21-36(40)43-44-38-26-25-30-15-4-5-18-33(30)48(38)53-49(44)35-20-7-6-19-34(35)47(43)51/h1-28H. The van der Waals surface area contributed by atoms with Gasteiger partial charge in [-0.05, 0) is 52.7 Å². The van der Waals surface area contributed by atoms with Gasteiger partial charge in [0.15, 0.2) is 5.58 Å². The molecule has 0 unspecified atom stereocenters. The molecule has 0 saturated carbocycles. The van der Waals surface area contributed by atoms with Crippen molar-refractivity contribution in [1.29, 1.82) is 0 Å². The highest BCUT2D eigenvalue weighted by atomic mass is 32.1. The van der Waals surface area contributed by atoms with Gasteiger partial charge < -0.3 is 8.98 Å². The molecule has 0 spiro atoms. The number of rotatable bonds is 3. The maximum atomic E-state index is 6.34. The quantitative estimate of drug-likeness (QED) is 0.185. The molecule has 12 aromatic rings. The third-order valence-electron chi connectivity index (χ3n) is 10.9. The van der Waals surface area contributed by atoms with Gasteiger partial charge >= 0.3 is 0 Å². The Morgan fingerprint density at radius 2 is 1.19 bits per heavy atom. The zero-order valence-electron chi connectivity index (χ0n) is 28.4. The molecule has 0 bridgehead atoms. The lowest BCUT2D eigenvalue weighted by molar-refractivity contribution is 0.668. The first-order chi connectivity index (χ1) is 26.3. The van der Waals surface area contributed by atoms with E-state index >= 15 is 0 Å². The van der Waals surface area contributed by atoms with Crippen LogP contribution in [0.15, 0.2) is 174 Å². The second kappa shape index (κ2) is 10.9. The lowest BCUT2D eigenvalue weighted by atomic mass is 9.98. The van der Waals surface area contributed by atoms with Gasteiger partial charge in [-0.3, -0.25) is 0 Å². The van der Waals surface area contributed by atoms with Crippen molar-refractivity contribution in [3.63, 3.8) is 0 Å². The number of pyridine rings is 1. The summed E-state index contributed by atoms with van der Waals surface area (Å²) in [7, 11) is 0. The van der Waals surface area contributed by atoms with E-state index in [-0.39, 0.29) is 0 Å². The van der Waals surface area contributed by atoms with E-state index in [1.54, 1.807) is 0 Å². The maximum absolute atomic E-state index is 6.34. The number of hydrogen-bond acceptors (Lipinski definition) is 3. The lowest BCUT2D eigenvalue weighted by Crippen LogP contribution is -1.96. The summed E-state index contributed by atoms with van der Waals surface area (Å²) < 4.78 is 11.5. The maximum Gasteiger partial charge on any atom is 0.154 e. The van der Waals surface area contributed by atoms with Gasteiger partial charge in [0.2, 0.25) is 0 Å². The summed E-state index contributed by atoms with van der Waals surface area (Å²) in [6.45, 7) is 0. The van der Waals surface area contributed by atoms with Gasteiger partial charge in [0.1, 0.15) is 11.1 Å². The Kier molecular flexibility index (Phi) is 5.93. The molecule has 0 radical (unpaired) electrons. The summed E-state index contributed by atoms with van der Waals surface area (Å²) in [5.74, 6) is 0. The number of nitrogens with zero attached hydrogens (tertiary/aromatic N) is 2. The van der Waals surface area contributed by atoms with Crippen LogP contribution < -0.4 is 0 Å². The fourth-order valence-corrected chi connectivity index (χ4v) is 10.0. The molecule has 0 saturated heterocycles. The minimum absolute atomic E-state index is 0.790. The van der Waals surface area contributed by atoms with Crippen LogP contribution in [0.3, 0.4) is 0 Å². The molecule has 0 aliphatic heterocycles. The van der Waals surface area contributed by atoms with Crippen molar-refractivity contribution in [2.45, 2.75) is 0 Å². The highest BCUT2D eigenvalue weighted by Crippen LogP contribution is 2.49. The van der Waals surface area contributed by atoms with Crippen molar-refractivity contribution in [2.75, 3.05) is 0 Å². The molecule has 12 rings (SSSR count). The molecule has 0 fully saturated rings. The van der Waals surface area contributed by atoms with Crippen molar-refractivity contribution < 1.29 is 4.42 Å². The minimum atomic E-state index is 0.790. The Morgan fingerprint density at radius 1 is 0.472 bits per heavy atom. The van der Waals surface area contributed by atoms with E-state index in [2.05, 4.69) is 156 Å². The van der Waals surface area contributed by atoms with Crippen LogP contribution in [0, 0.1) is 0 Å². The van der Waals surface area contributed by atoms with Gasteiger partial charge in [-0.15, -0.1) is 11.3 Å². The van der Waals surface area contributed by atoms with E-state index in [1.807, 2.05) is 29.5 Å². The molecule has 3 nitrogen and oxygen atoms in total. The molecule has 4 heterocycles. The van der Waals surface area contributed by atoms with Crippen LogP contribution in [0.5, 0.6) is 0 Å². The summed E-state index contributed by atoms with van der Waals surface area (Å²) in [5.41, 5.74) is 10.2. The Balaban J connectivity index is 1.20. The van der Waals surface area contributed by atoms with Gasteiger partial charge in [0.25, 0.3) is 0 Å². The summed E-state index contributed by atoms with van der Waals surface area (Å²) >= 11 is 1.93. The molecule has 0 aliphatic rings. The fraction of sp³-hybridized carbons (Fsp3) is 0. The van der Waals surface area contributed by atoms with E-state index in [9.17, 15) is 0 Å². The number of fused-ring (bicyclic) bond motifs is 15. The molecule has 0 aliphatic carbocycles. The monoisotopic (exact) mass is 692 g/mol. The Bertz CT molecular complexity index is 3460. The largest absolute Gasteiger partial charge is 0.454 e. The normalized spacial score (nSPS) is 12.2. The van der Waals surface area contributed by atoms with Crippen LogP contribution in [-0.4, -0.2) is 9.55 Å². The van der Waals surface area contributed by atoms with Crippen molar-refractivity contribution in [2.24, 2.45) is 0 Å². The number of hydrogen-bond donors (Lipinski definition) is 0. The molecular weight excluding hydrogens is 665 g/mol. The predicted octanol–water partition coefficient (Wildman–Crippen LogP) is 14.1. The van der Waals surface area contributed by atoms with Crippen molar-refractivity contribution in [3.05, 3.63) is 170 Å². The van der Waals surface area contributed by atoms with E-state index in [4.69, 9.17) is 9.40 Å². The van der Waals surface area contributed by atoms with Crippen LogP contribution >= 0.6 is 11.3 Å². The van der Waals surface area contributed by atoms with Crippen LogP contribution in [0.25, 0.3) is 114 Å². The number of benzene rings is 8. The Hall–Kier alpha value is -6.75. The van der Waals surface area contributed by atoms with E-state index in [1.165, 1.54) is 63.5 Å². The van der Waals surface area contributed by atoms with Crippen molar-refractivity contribution >= 4 is 96.9 Å². The predicted molar refractivity (Wildman–Crippen MR) is 225 cm³/mol. The highest BCUT2D eigenvalue weighted by Gasteiger charge is 2.23. The third kappa shape index (κ3) is 4.07. The first-order valence-electron chi connectivity index (χ1n) is 18.0. The molecule has 0 atom stereocenters. The zero-order chi connectivity index (χ0) is 34.6. The average molecular weight is 693 g/mol. The van der Waals surface area contributed by atoms with Gasteiger partial charge in [-0.2, -0.15) is 0 Å². The third-order valence-corrected chi connectivity index (χ3v) is 12.2. The number of para-hydroxylation sites is 2. The SMILES string of the molecule is c1ccc(-c2cc3oc4ccccc4c3nc2-c2cccc(-n3c4ccccc4c4c5c6ccc7ccccc7c6sc5c5ccccc5c43)c2)cc1. The van der Waals surface area contributed by atoms with Crippen molar-refractivity contribution in [3.8, 4) is 28.1 Å². The van der Waals surface area contributed by atoms with Crippen LogP contribution in [-0.2, 0) is 0 Å². The fourth-order valence-electron chi connectivity index (χ4n) is 8.65. The second-order valence-corrected chi connectivity index (χ2v) is 14.9. The molecule has 0 N–H and O–H groups in total. The Morgan fingerprint density at radius 3 is 2.08 bits per heavy atom. The van der Waals surface area contributed by atoms with Gasteiger partial charge in [-0.1, -0.05) is 133 Å². The zero-order valence-corrected chi connectivity index (χ0v) is 29.2.